The van der Waals surface area contributed by atoms with Crippen LogP contribution < -0.4 is 19.1 Å². The standard InChI is InChI=1S/C23H30N4O4/c1-6-31-20-10-14-15-9-13(28)7-8-18(15)25-21(16(14)11-19(20)29-4)17-12-24-23(27(2)3)26-22(17)30-5/h10-13,15,18,28H,6-9H2,1-5H3. The molecule has 0 bridgehead atoms. The molecule has 1 saturated carbocycles. The number of aliphatic hydroxyl groups is 1. The summed E-state index contributed by atoms with van der Waals surface area (Å²) in [5.41, 5.74) is 3.58. The largest absolute Gasteiger partial charge is 0.493 e. The first-order chi connectivity index (χ1) is 15.0. The maximum atomic E-state index is 10.3. The number of methoxy groups -OCH3 is 2. The molecule has 0 saturated heterocycles. The highest BCUT2D eigenvalue weighted by Crippen LogP contribution is 2.45. The van der Waals surface area contributed by atoms with E-state index in [2.05, 4.69) is 9.97 Å². The van der Waals surface area contributed by atoms with Crippen LogP contribution >= 0.6 is 0 Å². The molecule has 1 fully saturated rings. The van der Waals surface area contributed by atoms with E-state index >= 15 is 0 Å². The van der Waals surface area contributed by atoms with Gasteiger partial charge in [-0.3, -0.25) is 4.99 Å². The van der Waals surface area contributed by atoms with Gasteiger partial charge >= 0.3 is 0 Å². The molecule has 0 amide bonds. The zero-order chi connectivity index (χ0) is 22.1. The van der Waals surface area contributed by atoms with Gasteiger partial charge in [0.2, 0.25) is 11.8 Å². The molecule has 0 radical (unpaired) electrons. The highest BCUT2D eigenvalue weighted by Gasteiger charge is 2.38. The van der Waals surface area contributed by atoms with Crippen LogP contribution in [0.25, 0.3) is 0 Å². The number of rotatable bonds is 6. The van der Waals surface area contributed by atoms with Gasteiger partial charge in [-0.25, -0.2) is 4.98 Å². The lowest BCUT2D eigenvalue weighted by atomic mass is 9.74. The third-order valence-corrected chi connectivity index (χ3v) is 5.96. The van der Waals surface area contributed by atoms with E-state index in [0.717, 1.165) is 35.2 Å². The van der Waals surface area contributed by atoms with Gasteiger partial charge in [-0.05, 0) is 43.9 Å². The summed E-state index contributed by atoms with van der Waals surface area (Å²) < 4.78 is 17.1. The predicted octanol–water partition coefficient (Wildman–Crippen LogP) is 2.81. The summed E-state index contributed by atoms with van der Waals surface area (Å²) >= 11 is 0. The number of aromatic nitrogens is 2. The van der Waals surface area contributed by atoms with E-state index in [0.29, 0.717) is 36.4 Å². The second-order valence-electron chi connectivity index (χ2n) is 8.13. The molecule has 8 heteroatoms. The SMILES string of the molecule is CCOc1cc2c(cc1OC)C(c1cnc(N(C)C)nc1OC)=NC1CCC(O)CC21. The fourth-order valence-electron chi connectivity index (χ4n) is 4.48. The van der Waals surface area contributed by atoms with Crippen LogP contribution in [0.5, 0.6) is 17.4 Å². The molecule has 1 aliphatic carbocycles. The third-order valence-electron chi connectivity index (χ3n) is 5.96. The number of nitrogens with zero attached hydrogens (tertiary/aromatic N) is 4. The molecular formula is C23H30N4O4. The van der Waals surface area contributed by atoms with Crippen molar-refractivity contribution in [1.29, 1.82) is 0 Å². The zero-order valence-corrected chi connectivity index (χ0v) is 18.8. The predicted molar refractivity (Wildman–Crippen MR) is 119 cm³/mol. The minimum atomic E-state index is -0.319. The van der Waals surface area contributed by atoms with Crippen LogP contribution in [0.15, 0.2) is 23.3 Å². The maximum Gasteiger partial charge on any atom is 0.228 e. The van der Waals surface area contributed by atoms with Crippen LogP contribution in [-0.2, 0) is 0 Å². The number of fused-ring (bicyclic) bond motifs is 3. The van der Waals surface area contributed by atoms with E-state index in [-0.39, 0.29) is 18.1 Å². The molecule has 2 heterocycles. The molecule has 166 valence electrons. The summed E-state index contributed by atoms with van der Waals surface area (Å²) in [5, 5.41) is 10.3. The van der Waals surface area contributed by atoms with Crippen molar-refractivity contribution in [3.8, 4) is 17.4 Å². The molecule has 1 N–H and O–H groups in total. The van der Waals surface area contributed by atoms with Gasteiger partial charge in [-0.2, -0.15) is 4.98 Å². The summed E-state index contributed by atoms with van der Waals surface area (Å²) in [6.45, 7) is 2.49. The van der Waals surface area contributed by atoms with Crippen LogP contribution in [0.1, 0.15) is 48.8 Å². The Morgan fingerprint density at radius 1 is 1.10 bits per heavy atom. The molecule has 3 atom stereocenters. The van der Waals surface area contributed by atoms with Gasteiger partial charge in [0.1, 0.15) is 0 Å². The van der Waals surface area contributed by atoms with Crippen molar-refractivity contribution in [3.05, 3.63) is 35.0 Å². The van der Waals surface area contributed by atoms with Crippen LogP contribution in [0, 0.1) is 0 Å². The zero-order valence-electron chi connectivity index (χ0n) is 18.8. The average molecular weight is 427 g/mol. The van der Waals surface area contributed by atoms with E-state index in [4.69, 9.17) is 19.2 Å². The van der Waals surface area contributed by atoms with E-state index in [1.165, 1.54) is 0 Å². The molecule has 1 aromatic carbocycles. The summed E-state index contributed by atoms with van der Waals surface area (Å²) in [4.78, 5) is 16.0. The molecule has 31 heavy (non-hydrogen) atoms. The Morgan fingerprint density at radius 2 is 1.90 bits per heavy atom. The summed E-state index contributed by atoms with van der Waals surface area (Å²) in [6, 6.07) is 4.09. The van der Waals surface area contributed by atoms with Gasteiger partial charge in [0.05, 0.1) is 44.2 Å². The third kappa shape index (κ3) is 3.92. The van der Waals surface area contributed by atoms with Gasteiger partial charge < -0.3 is 24.2 Å². The Bertz CT molecular complexity index is 992. The van der Waals surface area contributed by atoms with Crippen molar-refractivity contribution >= 4 is 11.7 Å². The van der Waals surface area contributed by atoms with Crippen LogP contribution in [0.2, 0.25) is 0 Å². The molecule has 4 rings (SSSR count). The van der Waals surface area contributed by atoms with Gasteiger partial charge in [0.15, 0.2) is 11.5 Å². The Kier molecular flexibility index (Phi) is 6.00. The maximum absolute atomic E-state index is 10.3. The van der Waals surface area contributed by atoms with Crippen LogP contribution in [-0.4, -0.2) is 67.9 Å². The lowest BCUT2D eigenvalue weighted by Gasteiger charge is -2.37. The quantitative estimate of drug-likeness (QED) is 0.760. The molecule has 2 aromatic rings. The van der Waals surface area contributed by atoms with Gasteiger partial charge in [-0.15, -0.1) is 0 Å². The van der Waals surface area contributed by atoms with Crippen molar-refractivity contribution in [1.82, 2.24) is 9.97 Å². The van der Waals surface area contributed by atoms with Crippen molar-refractivity contribution in [2.24, 2.45) is 4.99 Å². The fraction of sp³-hybridized carbons (Fsp3) is 0.522. The number of aliphatic hydroxyl groups excluding tert-OH is 1. The lowest BCUT2D eigenvalue weighted by molar-refractivity contribution is 0.111. The first-order valence-electron chi connectivity index (χ1n) is 10.7. The van der Waals surface area contributed by atoms with E-state index in [1.807, 2.05) is 38.1 Å². The topological polar surface area (TPSA) is 89.3 Å². The Morgan fingerprint density at radius 3 is 2.58 bits per heavy atom. The summed E-state index contributed by atoms with van der Waals surface area (Å²) in [7, 11) is 7.01. The van der Waals surface area contributed by atoms with Crippen molar-refractivity contribution in [3.63, 3.8) is 0 Å². The second kappa shape index (κ2) is 8.70. The molecule has 2 aliphatic rings. The van der Waals surface area contributed by atoms with Gasteiger partial charge in [0, 0.05) is 31.8 Å². The van der Waals surface area contributed by atoms with Crippen molar-refractivity contribution in [2.45, 2.75) is 44.2 Å². The van der Waals surface area contributed by atoms with Crippen LogP contribution in [0.4, 0.5) is 5.95 Å². The van der Waals surface area contributed by atoms with Gasteiger partial charge in [-0.1, -0.05) is 0 Å². The fourth-order valence-corrected chi connectivity index (χ4v) is 4.48. The average Bonchev–Trinajstić information content (AvgIpc) is 2.78. The van der Waals surface area contributed by atoms with E-state index in [1.54, 1.807) is 20.4 Å². The number of hydrogen-bond donors (Lipinski definition) is 1. The second-order valence-corrected chi connectivity index (χ2v) is 8.13. The molecule has 8 nitrogen and oxygen atoms in total. The normalized spacial score (nSPS) is 22.1. The summed E-state index contributed by atoms with van der Waals surface area (Å²) in [5.74, 6) is 2.52. The first kappa shape index (κ1) is 21.4. The Labute approximate surface area is 182 Å². The number of aliphatic imine (C=N–C) groups is 1. The monoisotopic (exact) mass is 426 g/mol. The molecule has 0 spiro atoms. The van der Waals surface area contributed by atoms with E-state index < -0.39 is 0 Å². The molecule has 1 aliphatic heterocycles. The molecular weight excluding hydrogens is 396 g/mol. The van der Waals surface area contributed by atoms with Crippen molar-refractivity contribution in [2.75, 3.05) is 39.8 Å². The Balaban J connectivity index is 1.90. The van der Waals surface area contributed by atoms with E-state index in [9.17, 15) is 5.11 Å². The number of ether oxygens (including phenoxy) is 3. The lowest BCUT2D eigenvalue weighted by Crippen LogP contribution is -2.34. The number of hydrogen-bond acceptors (Lipinski definition) is 8. The molecule has 3 unspecified atom stereocenters. The minimum absolute atomic E-state index is 0.0759. The molecule has 1 aromatic heterocycles. The van der Waals surface area contributed by atoms with Crippen molar-refractivity contribution < 1.29 is 19.3 Å². The highest BCUT2D eigenvalue weighted by atomic mass is 16.5. The summed E-state index contributed by atoms with van der Waals surface area (Å²) in [6.07, 6.45) is 3.70. The first-order valence-corrected chi connectivity index (χ1v) is 10.7. The highest BCUT2D eigenvalue weighted by molar-refractivity contribution is 6.16. The number of anilines is 1. The number of benzene rings is 1. The smallest absolute Gasteiger partial charge is 0.228 e. The van der Waals surface area contributed by atoms with Gasteiger partial charge in [0.25, 0.3) is 0 Å². The minimum Gasteiger partial charge on any atom is -0.493 e. The Hall–Kier alpha value is -2.87. The van der Waals surface area contributed by atoms with Crippen LogP contribution in [0.3, 0.4) is 0 Å².